The van der Waals surface area contributed by atoms with Crippen LogP contribution in [0.2, 0.25) is 0 Å². The summed E-state index contributed by atoms with van der Waals surface area (Å²) in [5.74, 6) is 0.821. The standard InChI is InChI=1S/C16H17F3N4O/c17-16(18,19)11-3-1-4-12(9-11)22-15-20-7-6-14(23-15)21-10-13-5-2-8-24-13/h1,3-4,6-7,9,13H,2,5,8,10H2,(H2,20,21,22,23). The monoisotopic (exact) mass is 338 g/mol. The first-order valence-electron chi connectivity index (χ1n) is 7.63. The van der Waals surface area contributed by atoms with Gasteiger partial charge in [0.15, 0.2) is 0 Å². The summed E-state index contributed by atoms with van der Waals surface area (Å²) >= 11 is 0. The third-order valence-corrected chi connectivity index (χ3v) is 3.64. The van der Waals surface area contributed by atoms with Gasteiger partial charge in [0, 0.05) is 25.0 Å². The summed E-state index contributed by atoms with van der Waals surface area (Å²) in [6.07, 6.45) is -0.615. The van der Waals surface area contributed by atoms with Crippen LogP contribution in [0.15, 0.2) is 36.5 Å². The summed E-state index contributed by atoms with van der Waals surface area (Å²) in [6.45, 7) is 1.42. The highest BCUT2D eigenvalue weighted by Crippen LogP contribution is 2.31. The van der Waals surface area contributed by atoms with Crippen molar-refractivity contribution in [1.82, 2.24) is 9.97 Å². The van der Waals surface area contributed by atoms with Crippen molar-refractivity contribution in [2.24, 2.45) is 0 Å². The van der Waals surface area contributed by atoms with E-state index in [1.54, 1.807) is 12.3 Å². The molecular weight excluding hydrogens is 321 g/mol. The van der Waals surface area contributed by atoms with E-state index in [0.29, 0.717) is 12.4 Å². The number of halogens is 3. The lowest BCUT2D eigenvalue weighted by Crippen LogP contribution is -2.19. The van der Waals surface area contributed by atoms with E-state index in [4.69, 9.17) is 4.74 Å². The zero-order valence-corrected chi connectivity index (χ0v) is 12.8. The van der Waals surface area contributed by atoms with Crippen LogP contribution >= 0.6 is 0 Å². The Hall–Kier alpha value is -2.35. The van der Waals surface area contributed by atoms with Crippen molar-refractivity contribution in [3.05, 3.63) is 42.1 Å². The topological polar surface area (TPSA) is 59.1 Å². The molecule has 1 saturated heterocycles. The molecule has 24 heavy (non-hydrogen) atoms. The lowest BCUT2D eigenvalue weighted by Gasteiger charge is -2.12. The third-order valence-electron chi connectivity index (χ3n) is 3.64. The number of hydrogen-bond donors (Lipinski definition) is 2. The highest BCUT2D eigenvalue weighted by molar-refractivity contribution is 5.56. The van der Waals surface area contributed by atoms with Gasteiger partial charge in [-0.05, 0) is 37.1 Å². The summed E-state index contributed by atoms with van der Waals surface area (Å²) < 4.78 is 43.7. The Morgan fingerprint density at radius 2 is 2.12 bits per heavy atom. The Labute approximate surface area is 137 Å². The Bertz CT molecular complexity index is 687. The molecular formula is C16H17F3N4O. The van der Waals surface area contributed by atoms with Crippen molar-refractivity contribution >= 4 is 17.5 Å². The molecule has 8 heteroatoms. The number of ether oxygens (including phenoxy) is 1. The van der Waals surface area contributed by atoms with E-state index in [1.165, 1.54) is 12.1 Å². The average molecular weight is 338 g/mol. The van der Waals surface area contributed by atoms with E-state index < -0.39 is 11.7 Å². The molecule has 1 aliphatic heterocycles. The fourth-order valence-corrected chi connectivity index (χ4v) is 2.44. The first kappa shape index (κ1) is 16.5. The molecule has 1 aromatic heterocycles. The van der Waals surface area contributed by atoms with Crippen molar-refractivity contribution in [2.45, 2.75) is 25.1 Å². The number of anilines is 3. The van der Waals surface area contributed by atoms with Crippen LogP contribution in [0.1, 0.15) is 18.4 Å². The van der Waals surface area contributed by atoms with Gasteiger partial charge in [0.2, 0.25) is 5.95 Å². The second-order valence-corrected chi connectivity index (χ2v) is 5.48. The van der Waals surface area contributed by atoms with Gasteiger partial charge in [-0.3, -0.25) is 0 Å². The van der Waals surface area contributed by atoms with Crippen LogP contribution < -0.4 is 10.6 Å². The van der Waals surface area contributed by atoms with Gasteiger partial charge in [0.25, 0.3) is 0 Å². The molecule has 2 aromatic rings. The van der Waals surface area contributed by atoms with Gasteiger partial charge in [-0.2, -0.15) is 18.2 Å². The molecule has 1 atom stereocenters. The Morgan fingerprint density at radius 1 is 1.25 bits per heavy atom. The summed E-state index contributed by atoms with van der Waals surface area (Å²) in [5.41, 5.74) is -0.443. The van der Waals surface area contributed by atoms with Crippen LogP contribution in [0, 0.1) is 0 Å². The molecule has 1 aliphatic rings. The van der Waals surface area contributed by atoms with Crippen LogP contribution in [0.4, 0.5) is 30.6 Å². The van der Waals surface area contributed by atoms with Crippen LogP contribution in [0.3, 0.4) is 0 Å². The number of rotatable bonds is 5. The molecule has 0 bridgehead atoms. The normalized spacial score (nSPS) is 17.7. The molecule has 2 heterocycles. The molecule has 1 unspecified atom stereocenters. The minimum Gasteiger partial charge on any atom is -0.376 e. The summed E-state index contributed by atoms with van der Waals surface area (Å²) in [6, 6.07) is 6.61. The Balaban J connectivity index is 1.66. The third kappa shape index (κ3) is 4.35. The minimum atomic E-state index is -4.39. The number of benzene rings is 1. The molecule has 0 radical (unpaired) electrons. The maximum absolute atomic E-state index is 12.7. The SMILES string of the molecule is FC(F)(F)c1cccc(Nc2nccc(NCC3CCCO3)n2)c1. The molecule has 5 nitrogen and oxygen atoms in total. The summed E-state index contributed by atoms with van der Waals surface area (Å²) in [5, 5.41) is 5.94. The Morgan fingerprint density at radius 3 is 2.88 bits per heavy atom. The van der Waals surface area contributed by atoms with Gasteiger partial charge in [-0.1, -0.05) is 6.07 Å². The molecule has 0 aliphatic carbocycles. The van der Waals surface area contributed by atoms with Gasteiger partial charge in [0.05, 0.1) is 11.7 Å². The van der Waals surface area contributed by atoms with Crippen molar-refractivity contribution in [3.8, 4) is 0 Å². The lowest BCUT2D eigenvalue weighted by atomic mass is 10.2. The van der Waals surface area contributed by atoms with Gasteiger partial charge in [0.1, 0.15) is 5.82 Å². The van der Waals surface area contributed by atoms with E-state index in [1.807, 2.05) is 0 Å². The molecule has 1 aromatic carbocycles. The fourth-order valence-electron chi connectivity index (χ4n) is 2.44. The molecule has 3 rings (SSSR count). The van der Waals surface area contributed by atoms with E-state index in [0.717, 1.165) is 31.6 Å². The predicted octanol–water partition coefficient (Wildman–Crippen LogP) is 3.83. The molecule has 0 amide bonds. The van der Waals surface area contributed by atoms with Crippen molar-refractivity contribution < 1.29 is 17.9 Å². The Kier molecular flexibility index (Phi) is 4.84. The molecule has 1 fully saturated rings. The van der Waals surface area contributed by atoms with E-state index in [-0.39, 0.29) is 17.7 Å². The quantitative estimate of drug-likeness (QED) is 0.868. The molecule has 0 saturated carbocycles. The second kappa shape index (κ2) is 7.04. The molecule has 0 spiro atoms. The number of nitrogens with zero attached hydrogens (tertiary/aromatic N) is 2. The van der Waals surface area contributed by atoms with Crippen molar-refractivity contribution in [2.75, 3.05) is 23.8 Å². The van der Waals surface area contributed by atoms with E-state index >= 15 is 0 Å². The second-order valence-electron chi connectivity index (χ2n) is 5.48. The summed E-state index contributed by atoms with van der Waals surface area (Å²) in [4.78, 5) is 8.28. The van der Waals surface area contributed by atoms with E-state index in [9.17, 15) is 13.2 Å². The highest BCUT2D eigenvalue weighted by atomic mass is 19.4. The highest BCUT2D eigenvalue weighted by Gasteiger charge is 2.30. The van der Waals surface area contributed by atoms with Crippen molar-refractivity contribution in [1.29, 1.82) is 0 Å². The maximum Gasteiger partial charge on any atom is 0.416 e. The number of alkyl halides is 3. The minimum absolute atomic E-state index is 0.167. The first-order valence-corrected chi connectivity index (χ1v) is 7.63. The number of hydrogen-bond acceptors (Lipinski definition) is 5. The van der Waals surface area contributed by atoms with E-state index in [2.05, 4.69) is 20.6 Å². The summed E-state index contributed by atoms with van der Waals surface area (Å²) in [7, 11) is 0. The van der Waals surface area contributed by atoms with Crippen molar-refractivity contribution in [3.63, 3.8) is 0 Å². The van der Waals surface area contributed by atoms with Crippen LogP contribution in [0.25, 0.3) is 0 Å². The smallest absolute Gasteiger partial charge is 0.376 e. The van der Waals surface area contributed by atoms with Crippen LogP contribution in [-0.4, -0.2) is 29.2 Å². The first-order chi connectivity index (χ1) is 11.5. The zero-order valence-electron chi connectivity index (χ0n) is 12.8. The van der Waals surface area contributed by atoms with Gasteiger partial charge in [-0.15, -0.1) is 0 Å². The predicted molar refractivity (Wildman–Crippen MR) is 84.2 cm³/mol. The van der Waals surface area contributed by atoms with Gasteiger partial charge in [-0.25, -0.2) is 4.98 Å². The number of aromatic nitrogens is 2. The number of nitrogens with one attached hydrogen (secondary N) is 2. The fraction of sp³-hybridized carbons (Fsp3) is 0.375. The average Bonchev–Trinajstić information content (AvgIpc) is 3.06. The lowest BCUT2D eigenvalue weighted by molar-refractivity contribution is -0.137. The maximum atomic E-state index is 12.7. The van der Waals surface area contributed by atoms with Gasteiger partial charge < -0.3 is 15.4 Å². The van der Waals surface area contributed by atoms with Crippen LogP contribution in [-0.2, 0) is 10.9 Å². The molecule has 128 valence electrons. The van der Waals surface area contributed by atoms with Crippen LogP contribution in [0.5, 0.6) is 0 Å². The van der Waals surface area contributed by atoms with Gasteiger partial charge >= 0.3 is 6.18 Å². The molecule has 2 N–H and O–H groups in total. The largest absolute Gasteiger partial charge is 0.416 e. The zero-order chi connectivity index (χ0) is 17.0.